The second kappa shape index (κ2) is 8.70. The lowest BCUT2D eigenvalue weighted by Gasteiger charge is -2.17. The van der Waals surface area contributed by atoms with Crippen LogP contribution in [0.5, 0.6) is 11.5 Å². The molecule has 134 valence electrons. The number of benzene rings is 1. The Morgan fingerprint density at radius 2 is 1.92 bits per heavy atom. The molecule has 1 atom stereocenters. The summed E-state index contributed by atoms with van der Waals surface area (Å²) in [6.45, 7) is 3.64. The SMILES string of the molecule is CCC(C)NS(=O)(=O)c1cc(/C=C/C(=O)OC)cc(OC)c1OC. The van der Waals surface area contributed by atoms with E-state index in [4.69, 9.17) is 9.47 Å². The van der Waals surface area contributed by atoms with Gasteiger partial charge in [0, 0.05) is 12.1 Å². The second-order valence-electron chi connectivity index (χ2n) is 5.04. The van der Waals surface area contributed by atoms with Gasteiger partial charge in [0.1, 0.15) is 4.90 Å². The minimum atomic E-state index is -3.82. The fourth-order valence-corrected chi connectivity index (χ4v) is 3.43. The highest BCUT2D eigenvalue weighted by atomic mass is 32.2. The van der Waals surface area contributed by atoms with Crippen LogP contribution in [0.25, 0.3) is 6.08 Å². The van der Waals surface area contributed by atoms with Crippen LogP contribution in [0.15, 0.2) is 23.1 Å². The zero-order valence-electron chi connectivity index (χ0n) is 14.5. The van der Waals surface area contributed by atoms with Gasteiger partial charge in [-0.25, -0.2) is 17.9 Å². The third-order valence-corrected chi connectivity index (χ3v) is 4.93. The van der Waals surface area contributed by atoms with E-state index in [1.54, 1.807) is 13.0 Å². The topological polar surface area (TPSA) is 90.9 Å². The van der Waals surface area contributed by atoms with Crippen molar-refractivity contribution in [3.63, 3.8) is 0 Å². The molecule has 0 fully saturated rings. The molecular weight excluding hydrogens is 334 g/mol. The molecule has 0 aliphatic heterocycles. The summed E-state index contributed by atoms with van der Waals surface area (Å²) in [5.41, 5.74) is 0.461. The summed E-state index contributed by atoms with van der Waals surface area (Å²) in [5, 5.41) is 0. The molecule has 8 heteroatoms. The van der Waals surface area contributed by atoms with Crippen LogP contribution in [-0.4, -0.2) is 41.8 Å². The Balaban J connectivity index is 3.45. The van der Waals surface area contributed by atoms with E-state index in [9.17, 15) is 13.2 Å². The van der Waals surface area contributed by atoms with Gasteiger partial charge in [0.2, 0.25) is 10.0 Å². The molecule has 0 amide bonds. The smallest absolute Gasteiger partial charge is 0.330 e. The lowest BCUT2D eigenvalue weighted by Crippen LogP contribution is -2.32. The van der Waals surface area contributed by atoms with Crippen LogP contribution < -0.4 is 14.2 Å². The van der Waals surface area contributed by atoms with E-state index in [0.29, 0.717) is 12.0 Å². The fourth-order valence-electron chi connectivity index (χ4n) is 1.89. The number of carbonyl (C=O) groups excluding carboxylic acids is 1. The average Bonchev–Trinajstić information content (AvgIpc) is 2.57. The number of carbonyl (C=O) groups is 1. The molecule has 0 aliphatic rings. The Bertz CT molecular complexity index is 712. The number of sulfonamides is 1. The number of hydrogen-bond acceptors (Lipinski definition) is 6. The molecule has 0 saturated heterocycles. The van der Waals surface area contributed by atoms with Gasteiger partial charge in [0.15, 0.2) is 11.5 Å². The first-order valence-electron chi connectivity index (χ1n) is 7.33. The lowest BCUT2D eigenvalue weighted by molar-refractivity contribution is -0.134. The third-order valence-electron chi connectivity index (χ3n) is 3.34. The average molecular weight is 357 g/mol. The van der Waals surface area contributed by atoms with Crippen molar-refractivity contribution >= 4 is 22.1 Å². The largest absolute Gasteiger partial charge is 0.493 e. The summed E-state index contributed by atoms with van der Waals surface area (Å²) in [6, 6.07) is 2.74. The van der Waals surface area contributed by atoms with Gasteiger partial charge < -0.3 is 14.2 Å². The van der Waals surface area contributed by atoms with E-state index in [2.05, 4.69) is 9.46 Å². The molecule has 0 bridgehead atoms. The van der Waals surface area contributed by atoms with Crippen molar-refractivity contribution in [1.82, 2.24) is 4.72 Å². The molecule has 1 N–H and O–H groups in total. The minimum Gasteiger partial charge on any atom is -0.493 e. The maximum absolute atomic E-state index is 12.6. The van der Waals surface area contributed by atoms with Gasteiger partial charge in [-0.05, 0) is 37.1 Å². The second-order valence-corrected chi connectivity index (χ2v) is 6.72. The highest BCUT2D eigenvalue weighted by Crippen LogP contribution is 2.36. The normalized spacial score (nSPS) is 12.9. The summed E-state index contributed by atoms with van der Waals surface area (Å²) >= 11 is 0. The molecule has 1 rings (SSSR count). The number of hydrogen-bond donors (Lipinski definition) is 1. The maximum atomic E-state index is 12.6. The molecule has 1 aromatic rings. The monoisotopic (exact) mass is 357 g/mol. The van der Waals surface area contributed by atoms with Crippen LogP contribution in [0, 0.1) is 0 Å². The Kier molecular flexibility index (Phi) is 7.24. The highest BCUT2D eigenvalue weighted by Gasteiger charge is 2.24. The zero-order chi connectivity index (χ0) is 18.3. The summed E-state index contributed by atoms with van der Waals surface area (Å²) in [7, 11) is 0.211. The first kappa shape index (κ1) is 20.0. The molecular formula is C16H23NO6S. The van der Waals surface area contributed by atoms with E-state index in [1.165, 1.54) is 39.5 Å². The van der Waals surface area contributed by atoms with E-state index < -0.39 is 16.0 Å². The molecule has 0 aromatic heterocycles. The number of esters is 1. The van der Waals surface area contributed by atoms with Crippen LogP contribution >= 0.6 is 0 Å². The number of rotatable bonds is 8. The molecule has 7 nitrogen and oxygen atoms in total. The first-order chi connectivity index (χ1) is 11.3. The van der Waals surface area contributed by atoms with Crippen molar-refractivity contribution in [2.75, 3.05) is 21.3 Å². The van der Waals surface area contributed by atoms with Crippen LogP contribution in [0.4, 0.5) is 0 Å². The molecule has 0 saturated carbocycles. The molecule has 0 heterocycles. The van der Waals surface area contributed by atoms with Crippen molar-refractivity contribution in [3.8, 4) is 11.5 Å². The van der Waals surface area contributed by atoms with Crippen molar-refractivity contribution in [2.45, 2.75) is 31.2 Å². The quantitative estimate of drug-likeness (QED) is 0.565. The van der Waals surface area contributed by atoms with E-state index in [-0.39, 0.29) is 22.4 Å². The summed E-state index contributed by atoms with van der Waals surface area (Å²) in [6.07, 6.45) is 3.27. The van der Waals surface area contributed by atoms with Gasteiger partial charge in [0.25, 0.3) is 0 Å². The maximum Gasteiger partial charge on any atom is 0.330 e. The standard InChI is InChI=1S/C16H23NO6S/c1-6-11(2)17-24(19,20)14-10-12(7-8-15(18)22-4)9-13(21-3)16(14)23-5/h7-11,17H,6H2,1-5H3/b8-7+. The van der Waals surface area contributed by atoms with Crippen LogP contribution in [0.1, 0.15) is 25.8 Å². The Morgan fingerprint density at radius 1 is 1.25 bits per heavy atom. The molecule has 1 unspecified atom stereocenters. The summed E-state index contributed by atoms with van der Waals surface area (Å²) in [5.74, 6) is -0.204. The van der Waals surface area contributed by atoms with Gasteiger partial charge in [-0.3, -0.25) is 0 Å². The van der Waals surface area contributed by atoms with Crippen molar-refractivity contribution in [3.05, 3.63) is 23.8 Å². The van der Waals surface area contributed by atoms with Gasteiger partial charge in [0.05, 0.1) is 21.3 Å². The van der Waals surface area contributed by atoms with Crippen LogP contribution in [0.2, 0.25) is 0 Å². The number of nitrogens with one attached hydrogen (secondary N) is 1. The molecule has 1 aromatic carbocycles. The van der Waals surface area contributed by atoms with Crippen molar-refractivity contribution < 1.29 is 27.4 Å². The number of methoxy groups -OCH3 is 3. The van der Waals surface area contributed by atoms with Gasteiger partial charge >= 0.3 is 5.97 Å². The van der Waals surface area contributed by atoms with Crippen LogP contribution in [0.3, 0.4) is 0 Å². The Hall–Kier alpha value is -2.06. The van der Waals surface area contributed by atoms with E-state index >= 15 is 0 Å². The third kappa shape index (κ3) is 4.97. The first-order valence-corrected chi connectivity index (χ1v) is 8.81. The van der Waals surface area contributed by atoms with Gasteiger partial charge in [-0.2, -0.15) is 0 Å². The van der Waals surface area contributed by atoms with E-state index in [0.717, 1.165) is 0 Å². The fraction of sp³-hybridized carbons (Fsp3) is 0.438. The lowest BCUT2D eigenvalue weighted by atomic mass is 10.2. The Labute approximate surface area is 142 Å². The van der Waals surface area contributed by atoms with Gasteiger partial charge in [-0.15, -0.1) is 0 Å². The predicted octanol–water partition coefficient (Wildman–Crippen LogP) is 1.97. The predicted molar refractivity (Wildman–Crippen MR) is 90.7 cm³/mol. The molecule has 0 aliphatic carbocycles. The molecule has 0 spiro atoms. The van der Waals surface area contributed by atoms with Crippen molar-refractivity contribution in [1.29, 1.82) is 0 Å². The van der Waals surface area contributed by atoms with Gasteiger partial charge in [-0.1, -0.05) is 6.92 Å². The minimum absolute atomic E-state index is 0.0610. The molecule has 0 radical (unpaired) electrons. The molecule has 24 heavy (non-hydrogen) atoms. The highest BCUT2D eigenvalue weighted by molar-refractivity contribution is 7.89. The summed E-state index contributed by atoms with van der Waals surface area (Å²) in [4.78, 5) is 11.2. The zero-order valence-corrected chi connectivity index (χ0v) is 15.3. The van der Waals surface area contributed by atoms with E-state index in [1.807, 2.05) is 6.92 Å². The number of ether oxygens (including phenoxy) is 3. The van der Waals surface area contributed by atoms with Crippen molar-refractivity contribution in [2.24, 2.45) is 0 Å². The Morgan fingerprint density at radius 3 is 2.42 bits per heavy atom. The summed E-state index contributed by atoms with van der Waals surface area (Å²) < 4.78 is 42.8. The van der Waals surface area contributed by atoms with Crippen LogP contribution in [-0.2, 0) is 19.6 Å².